The molecular formula is C26H36N4O3. The first-order valence-corrected chi connectivity index (χ1v) is 12.5. The summed E-state index contributed by atoms with van der Waals surface area (Å²) in [5.74, 6) is 0.286. The van der Waals surface area contributed by atoms with Gasteiger partial charge >= 0.3 is 0 Å². The number of fused-ring (bicyclic) bond motifs is 1. The van der Waals surface area contributed by atoms with Gasteiger partial charge in [0, 0.05) is 37.3 Å². The summed E-state index contributed by atoms with van der Waals surface area (Å²) in [7, 11) is 0. The molecule has 0 amide bonds. The molecule has 2 aliphatic heterocycles. The molecule has 0 spiro atoms. The first-order valence-electron chi connectivity index (χ1n) is 12.5. The lowest BCUT2D eigenvalue weighted by atomic mass is 9.52. The highest BCUT2D eigenvalue weighted by Gasteiger charge is 2.63. The predicted octanol–water partition coefficient (Wildman–Crippen LogP) is 1.82. The maximum absolute atomic E-state index is 12.5. The minimum absolute atomic E-state index is 0.00151. The van der Waals surface area contributed by atoms with E-state index in [1.807, 2.05) is 16.9 Å². The monoisotopic (exact) mass is 452 g/mol. The largest absolute Gasteiger partial charge is 0.508 e. The van der Waals surface area contributed by atoms with E-state index in [0.717, 1.165) is 70.4 Å². The van der Waals surface area contributed by atoms with Gasteiger partial charge in [-0.15, -0.1) is 0 Å². The van der Waals surface area contributed by atoms with E-state index in [9.17, 15) is 15.3 Å². The van der Waals surface area contributed by atoms with Gasteiger partial charge in [0.05, 0.1) is 23.9 Å². The number of aryl methyl sites for hydroxylation is 1. The van der Waals surface area contributed by atoms with E-state index in [-0.39, 0.29) is 17.2 Å². The van der Waals surface area contributed by atoms with Gasteiger partial charge in [0.2, 0.25) is 0 Å². The maximum atomic E-state index is 12.5. The maximum Gasteiger partial charge on any atom is 0.115 e. The number of hydrogen-bond donors (Lipinski definition) is 3. The topological polar surface area (TPSA) is 85.0 Å². The van der Waals surface area contributed by atoms with E-state index in [1.165, 1.54) is 11.1 Å². The molecule has 1 aromatic carbocycles. The molecule has 3 fully saturated rings. The second-order valence-corrected chi connectivity index (χ2v) is 11.1. The van der Waals surface area contributed by atoms with Crippen LogP contribution in [0.2, 0.25) is 0 Å². The van der Waals surface area contributed by atoms with Gasteiger partial charge in [0.25, 0.3) is 0 Å². The molecule has 3 unspecified atom stereocenters. The number of rotatable bonds is 5. The van der Waals surface area contributed by atoms with Crippen LogP contribution in [-0.4, -0.2) is 84.9 Å². The summed E-state index contributed by atoms with van der Waals surface area (Å²) in [5, 5.41) is 38.0. The molecule has 178 valence electrons. The van der Waals surface area contributed by atoms with Gasteiger partial charge in [-0.2, -0.15) is 5.10 Å². The Bertz CT molecular complexity index is 1050. The van der Waals surface area contributed by atoms with Crippen LogP contribution >= 0.6 is 0 Å². The Morgan fingerprint density at radius 3 is 2.58 bits per heavy atom. The van der Waals surface area contributed by atoms with Crippen LogP contribution in [-0.2, 0) is 18.4 Å². The number of phenolic OH excluding ortho intramolecular Hbond substituents is 1. The van der Waals surface area contributed by atoms with Crippen molar-refractivity contribution in [2.45, 2.75) is 74.7 Å². The lowest BCUT2D eigenvalue weighted by Gasteiger charge is -2.61. The average molecular weight is 453 g/mol. The van der Waals surface area contributed by atoms with Crippen molar-refractivity contribution >= 4 is 0 Å². The second-order valence-electron chi connectivity index (χ2n) is 11.1. The fraction of sp³-hybridized carbons (Fsp3) is 0.654. The van der Waals surface area contributed by atoms with Crippen molar-refractivity contribution in [3.05, 3.63) is 47.3 Å². The van der Waals surface area contributed by atoms with E-state index in [4.69, 9.17) is 0 Å². The Kier molecular flexibility index (Phi) is 4.93. The molecule has 4 aliphatic rings. The Balaban J connectivity index is 1.32. The highest BCUT2D eigenvalue weighted by atomic mass is 16.3. The number of piperidine rings is 1. The third-order valence-electron chi connectivity index (χ3n) is 9.07. The van der Waals surface area contributed by atoms with Crippen molar-refractivity contribution in [1.82, 2.24) is 19.6 Å². The van der Waals surface area contributed by atoms with Crippen molar-refractivity contribution < 1.29 is 15.3 Å². The lowest BCUT2D eigenvalue weighted by molar-refractivity contribution is -0.154. The Morgan fingerprint density at radius 2 is 1.82 bits per heavy atom. The number of aliphatic hydroxyl groups is 2. The van der Waals surface area contributed by atoms with Crippen LogP contribution in [0.15, 0.2) is 30.6 Å². The molecule has 1 aromatic heterocycles. The fourth-order valence-corrected chi connectivity index (χ4v) is 6.99. The average Bonchev–Trinajstić information content (AvgIpc) is 3.40. The first-order chi connectivity index (χ1) is 15.8. The standard InChI is InChI=1S/C26H36N4O3/c1-19-16-27-30(17-19)13-12-28-9-6-25-7-11-29(18-24(32)4-5-24)23(26(25,33)8-10-28)14-20-2-3-21(31)15-22(20)25/h2-3,15-17,23,31-33H,4-14,18H2,1H3. The molecule has 2 aromatic rings. The van der Waals surface area contributed by atoms with Crippen molar-refractivity contribution in [3.8, 4) is 5.75 Å². The van der Waals surface area contributed by atoms with Gasteiger partial charge in [-0.3, -0.25) is 9.58 Å². The van der Waals surface area contributed by atoms with Gasteiger partial charge in [0.1, 0.15) is 5.75 Å². The molecular weight excluding hydrogens is 416 g/mol. The molecule has 7 heteroatoms. The van der Waals surface area contributed by atoms with E-state index < -0.39 is 11.2 Å². The Labute approximate surface area is 195 Å². The van der Waals surface area contributed by atoms with E-state index in [0.29, 0.717) is 13.0 Å². The zero-order chi connectivity index (χ0) is 22.8. The SMILES string of the molecule is Cc1cnn(CCN2CCC34CCN(CC5(O)CC5)C(Cc5ccc(O)cc53)C4(O)CC2)c1. The zero-order valence-electron chi connectivity index (χ0n) is 19.6. The summed E-state index contributed by atoms with van der Waals surface area (Å²) in [5.41, 5.74) is 1.78. The number of aromatic hydroxyl groups is 1. The van der Waals surface area contributed by atoms with Crippen LogP contribution < -0.4 is 0 Å². The van der Waals surface area contributed by atoms with E-state index in [1.54, 1.807) is 6.07 Å². The van der Waals surface area contributed by atoms with Crippen molar-refractivity contribution in [2.75, 3.05) is 32.7 Å². The molecule has 3 N–H and O–H groups in total. The van der Waals surface area contributed by atoms with E-state index in [2.05, 4.69) is 34.1 Å². The molecule has 6 rings (SSSR count). The first kappa shape index (κ1) is 21.6. The van der Waals surface area contributed by atoms with Gasteiger partial charge in [-0.25, -0.2) is 0 Å². The van der Waals surface area contributed by atoms with Crippen LogP contribution in [0.5, 0.6) is 5.75 Å². The summed E-state index contributed by atoms with van der Waals surface area (Å²) in [6, 6.07) is 5.75. The minimum atomic E-state index is -0.867. The molecule has 3 atom stereocenters. The second kappa shape index (κ2) is 7.54. The van der Waals surface area contributed by atoms with Crippen molar-refractivity contribution in [3.63, 3.8) is 0 Å². The molecule has 7 nitrogen and oxygen atoms in total. The fourth-order valence-electron chi connectivity index (χ4n) is 6.99. The molecule has 0 radical (unpaired) electrons. The van der Waals surface area contributed by atoms with Crippen LogP contribution in [0, 0.1) is 6.92 Å². The number of hydrogen-bond acceptors (Lipinski definition) is 6. The van der Waals surface area contributed by atoms with Gasteiger partial charge in [-0.05, 0) is 87.4 Å². The normalized spacial score (nSPS) is 33.2. The van der Waals surface area contributed by atoms with Crippen molar-refractivity contribution in [2.24, 2.45) is 0 Å². The molecule has 2 aliphatic carbocycles. The quantitative estimate of drug-likeness (QED) is 0.642. The summed E-state index contributed by atoms with van der Waals surface area (Å²) in [6.45, 7) is 7.14. The summed E-state index contributed by atoms with van der Waals surface area (Å²) in [4.78, 5) is 4.85. The van der Waals surface area contributed by atoms with Gasteiger partial charge < -0.3 is 20.2 Å². The summed E-state index contributed by atoms with van der Waals surface area (Å²) >= 11 is 0. The molecule has 1 saturated carbocycles. The van der Waals surface area contributed by atoms with Crippen LogP contribution in [0.3, 0.4) is 0 Å². The van der Waals surface area contributed by atoms with Gasteiger partial charge in [0.15, 0.2) is 0 Å². The van der Waals surface area contributed by atoms with Crippen LogP contribution in [0.25, 0.3) is 0 Å². The molecule has 33 heavy (non-hydrogen) atoms. The number of likely N-dealkylation sites (tertiary alicyclic amines) is 2. The third-order valence-corrected chi connectivity index (χ3v) is 9.07. The van der Waals surface area contributed by atoms with Crippen LogP contribution in [0.4, 0.5) is 0 Å². The van der Waals surface area contributed by atoms with Crippen LogP contribution in [0.1, 0.15) is 48.8 Å². The molecule has 2 bridgehead atoms. The summed E-state index contributed by atoms with van der Waals surface area (Å²) in [6.07, 6.45) is 8.93. The van der Waals surface area contributed by atoms with Gasteiger partial charge in [-0.1, -0.05) is 6.07 Å². The number of β-amino-alcohol motifs (C(OH)–C–C–N with tert-alkyl or cyclic N) is 1. The minimum Gasteiger partial charge on any atom is -0.508 e. The predicted molar refractivity (Wildman–Crippen MR) is 125 cm³/mol. The highest BCUT2D eigenvalue weighted by Crippen LogP contribution is 2.57. The number of phenols is 1. The number of aromatic nitrogens is 2. The zero-order valence-corrected chi connectivity index (χ0v) is 19.6. The molecule has 2 saturated heterocycles. The number of benzene rings is 1. The Morgan fingerprint density at radius 1 is 1.03 bits per heavy atom. The Hall–Kier alpha value is -1.93. The van der Waals surface area contributed by atoms with E-state index >= 15 is 0 Å². The summed E-state index contributed by atoms with van der Waals surface area (Å²) < 4.78 is 2.00. The smallest absolute Gasteiger partial charge is 0.115 e. The van der Waals surface area contributed by atoms with Crippen molar-refractivity contribution in [1.29, 1.82) is 0 Å². The number of nitrogens with zero attached hydrogens (tertiary/aromatic N) is 4. The third kappa shape index (κ3) is 3.52. The molecule has 3 heterocycles. The highest BCUT2D eigenvalue weighted by molar-refractivity contribution is 5.48. The lowest BCUT2D eigenvalue weighted by Crippen LogP contribution is -2.72.